The third-order valence-corrected chi connectivity index (χ3v) is 6.40. The number of hydrogen-bond donors (Lipinski definition) is 2. The van der Waals surface area contributed by atoms with Crippen molar-refractivity contribution in [3.8, 4) is 11.5 Å². The second-order valence-electron chi connectivity index (χ2n) is 6.36. The Labute approximate surface area is 168 Å². The van der Waals surface area contributed by atoms with Crippen LogP contribution in [0.2, 0.25) is 0 Å². The number of aromatic nitrogens is 1. The van der Waals surface area contributed by atoms with Crippen molar-refractivity contribution in [3.63, 3.8) is 0 Å². The Hall–Kier alpha value is -2.17. The van der Waals surface area contributed by atoms with Crippen LogP contribution in [0.4, 0.5) is 5.13 Å². The van der Waals surface area contributed by atoms with E-state index in [-0.39, 0.29) is 10.8 Å². The summed E-state index contributed by atoms with van der Waals surface area (Å²) in [6.45, 7) is 3.04. The number of hydrogen-bond acceptors (Lipinski definition) is 7. The quantitative estimate of drug-likeness (QED) is 0.598. The normalized spacial score (nSPS) is 13.3. The molecule has 1 aliphatic heterocycles. The summed E-state index contributed by atoms with van der Waals surface area (Å²) < 4.78 is 38.2. The first-order valence-corrected chi connectivity index (χ1v) is 11.4. The van der Waals surface area contributed by atoms with E-state index in [0.29, 0.717) is 55.7 Å². The van der Waals surface area contributed by atoms with E-state index in [2.05, 4.69) is 15.0 Å². The summed E-state index contributed by atoms with van der Waals surface area (Å²) in [6.07, 6.45) is 2.46. The van der Waals surface area contributed by atoms with Crippen molar-refractivity contribution in [1.82, 2.24) is 9.71 Å². The Bertz CT molecular complexity index is 927. The number of rotatable bonds is 9. The number of nitrogens with zero attached hydrogens (tertiary/aromatic N) is 1. The van der Waals surface area contributed by atoms with Gasteiger partial charge in [-0.15, -0.1) is 11.3 Å². The molecule has 0 aliphatic carbocycles. The van der Waals surface area contributed by atoms with Crippen molar-refractivity contribution in [3.05, 3.63) is 29.3 Å². The summed E-state index contributed by atoms with van der Waals surface area (Å²) in [5.74, 6) is 0.915. The number of aryl methyl sites for hydroxylation is 1. The van der Waals surface area contributed by atoms with Gasteiger partial charge in [-0.3, -0.25) is 4.79 Å². The summed E-state index contributed by atoms with van der Waals surface area (Å²) in [5.41, 5.74) is 0.880. The van der Waals surface area contributed by atoms with Crippen molar-refractivity contribution in [1.29, 1.82) is 0 Å². The summed E-state index contributed by atoms with van der Waals surface area (Å²) in [6, 6.07) is 4.58. The minimum atomic E-state index is -3.61. The maximum atomic E-state index is 12.4. The van der Waals surface area contributed by atoms with E-state index < -0.39 is 10.0 Å². The Kier molecular flexibility index (Phi) is 6.87. The van der Waals surface area contributed by atoms with Crippen LogP contribution in [0.3, 0.4) is 0 Å². The zero-order chi connectivity index (χ0) is 20.0. The molecule has 0 fully saturated rings. The first-order chi connectivity index (χ1) is 13.4. The van der Waals surface area contributed by atoms with Gasteiger partial charge in [0.05, 0.1) is 10.6 Å². The third kappa shape index (κ3) is 5.66. The Balaban J connectivity index is 1.37. The monoisotopic (exact) mass is 425 g/mol. The number of benzene rings is 1. The van der Waals surface area contributed by atoms with Crippen LogP contribution >= 0.6 is 11.3 Å². The van der Waals surface area contributed by atoms with E-state index in [9.17, 15) is 13.2 Å². The average molecular weight is 426 g/mol. The van der Waals surface area contributed by atoms with Crippen molar-refractivity contribution < 1.29 is 22.7 Å². The van der Waals surface area contributed by atoms with Gasteiger partial charge in [0.25, 0.3) is 0 Å². The van der Waals surface area contributed by atoms with Gasteiger partial charge in [-0.2, -0.15) is 0 Å². The van der Waals surface area contributed by atoms with Gasteiger partial charge in [-0.1, -0.05) is 6.42 Å². The van der Waals surface area contributed by atoms with E-state index in [1.807, 2.05) is 12.3 Å². The van der Waals surface area contributed by atoms with Gasteiger partial charge >= 0.3 is 0 Å². The van der Waals surface area contributed by atoms with E-state index in [1.165, 1.54) is 23.5 Å². The SMILES string of the molecule is Cc1csc(NC(=O)CCCCCNS(=O)(=O)c2ccc3c(c2)OCCO3)n1. The van der Waals surface area contributed by atoms with Crippen LogP contribution in [0, 0.1) is 6.92 Å². The first kappa shape index (κ1) is 20.6. The fourth-order valence-corrected chi connectivity index (χ4v) is 4.45. The molecule has 0 saturated heterocycles. The number of ether oxygens (including phenoxy) is 2. The van der Waals surface area contributed by atoms with E-state index in [1.54, 1.807) is 6.07 Å². The minimum Gasteiger partial charge on any atom is -0.486 e. The topological polar surface area (TPSA) is 107 Å². The second-order valence-corrected chi connectivity index (χ2v) is 8.98. The van der Waals surface area contributed by atoms with Crippen molar-refractivity contribution in [2.75, 3.05) is 25.1 Å². The maximum Gasteiger partial charge on any atom is 0.240 e. The molecule has 3 rings (SSSR count). The van der Waals surface area contributed by atoms with Crippen LogP contribution in [-0.4, -0.2) is 39.1 Å². The average Bonchev–Trinajstić information content (AvgIpc) is 3.08. The fraction of sp³-hybridized carbons (Fsp3) is 0.444. The second kappa shape index (κ2) is 9.35. The highest BCUT2D eigenvalue weighted by Crippen LogP contribution is 2.32. The van der Waals surface area contributed by atoms with Gasteiger partial charge in [0.15, 0.2) is 16.6 Å². The zero-order valence-corrected chi connectivity index (χ0v) is 17.2. The predicted molar refractivity (Wildman–Crippen MR) is 107 cm³/mol. The number of anilines is 1. The molecule has 0 atom stereocenters. The highest BCUT2D eigenvalue weighted by molar-refractivity contribution is 7.89. The highest BCUT2D eigenvalue weighted by Gasteiger charge is 2.18. The Morgan fingerprint density at radius 3 is 2.71 bits per heavy atom. The van der Waals surface area contributed by atoms with Crippen molar-refractivity contribution in [2.45, 2.75) is 37.5 Å². The van der Waals surface area contributed by atoms with E-state index in [4.69, 9.17) is 9.47 Å². The predicted octanol–water partition coefficient (Wildman–Crippen LogP) is 2.70. The van der Waals surface area contributed by atoms with Gasteiger partial charge < -0.3 is 14.8 Å². The molecule has 2 aromatic rings. The lowest BCUT2D eigenvalue weighted by Gasteiger charge is -2.18. The fourth-order valence-electron chi connectivity index (χ4n) is 2.66. The van der Waals surface area contributed by atoms with E-state index in [0.717, 1.165) is 12.1 Å². The molecule has 1 aliphatic rings. The number of thiazole rings is 1. The summed E-state index contributed by atoms with van der Waals surface area (Å²) in [7, 11) is -3.61. The summed E-state index contributed by atoms with van der Waals surface area (Å²) >= 11 is 1.40. The van der Waals surface area contributed by atoms with Gasteiger partial charge in [0.1, 0.15) is 13.2 Å². The number of fused-ring (bicyclic) bond motifs is 1. The lowest BCUT2D eigenvalue weighted by Crippen LogP contribution is -2.25. The van der Waals surface area contributed by atoms with E-state index >= 15 is 0 Å². The molecule has 8 nitrogen and oxygen atoms in total. The van der Waals surface area contributed by atoms with Crippen LogP contribution in [0.5, 0.6) is 11.5 Å². The third-order valence-electron chi connectivity index (χ3n) is 4.06. The molecule has 152 valence electrons. The molecular weight excluding hydrogens is 402 g/mol. The van der Waals surface area contributed by atoms with Gasteiger partial charge in [0, 0.05) is 24.4 Å². The van der Waals surface area contributed by atoms with Crippen LogP contribution in [0.1, 0.15) is 31.4 Å². The number of carbonyl (C=O) groups excluding carboxylic acids is 1. The molecule has 2 heterocycles. The minimum absolute atomic E-state index is 0.0776. The van der Waals surface area contributed by atoms with Crippen LogP contribution in [0.15, 0.2) is 28.5 Å². The van der Waals surface area contributed by atoms with Crippen molar-refractivity contribution in [2.24, 2.45) is 0 Å². The molecule has 0 spiro atoms. The smallest absolute Gasteiger partial charge is 0.240 e. The van der Waals surface area contributed by atoms with Crippen LogP contribution in [0.25, 0.3) is 0 Å². The number of amides is 1. The maximum absolute atomic E-state index is 12.4. The van der Waals surface area contributed by atoms with Gasteiger partial charge in [0.2, 0.25) is 15.9 Å². The standard InChI is InChI=1S/C18H23N3O5S2/c1-13-12-27-18(20-13)21-17(22)5-3-2-4-8-19-28(23,24)14-6-7-15-16(11-14)26-10-9-25-15/h6-7,11-12,19H,2-5,8-10H2,1H3,(H,20,21,22). The lowest BCUT2D eigenvalue weighted by molar-refractivity contribution is -0.116. The molecule has 1 amide bonds. The molecule has 0 bridgehead atoms. The molecule has 2 N–H and O–H groups in total. The largest absolute Gasteiger partial charge is 0.486 e. The molecule has 28 heavy (non-hydrogen) atoms. The highest BCUT2D eigenvalue weighted by atomic mass is 32.2. The number of sulfonamides is 1. The zero-order valence-electron chi connectivity index (χ0n) is 15.6. The molecular formula is C18H23N3O5S2. The Morgan fingerprint density at radius 1 is 1.18 bits per heavy atom. The molecule has 0 radical (unpaired) electrons. The summed E-state index contributed by atoms with van der Waals surface area (Å²) in [5, 5.41) is 5.24. The van der Waals surface area contributed by atoms with Crippen LogP contribution in [-0.2, 0) is 14.8 Å². The molecule has 1 aromatic carbocycles. The first-order valence-electron chi connectivity index (χ1n) is 9.05. The number of unbranched alkanes of at least 4 members (excludes halogenated alkanes) is 2. The van der Waals surface area contributed by atoms with Gasteiger partial charge in [-0.05, 0) is 31.9 Å². The number of carbonyl (C=O) groups is 1. The van der Waals surface area contributed by atoms with Crippen molar-refractivity contribution >= 4 is 32.4 Å². The lowest BCUT2D eigenvalue weighted by atomic mass is 10.2. The number of nitrogens with one attached hydrogen (secondary N) is 2. The van der Waals surface area contributed by atoms with Crippen LogP contribution < -0.4 is 19.5 Å². The molecule has 0 saturated carbocycles. The summed E-state index contributed by atoms with van der Waals surface area (Å²) in [4.78, 5) is 16.2. The molecule has 10 heteroatoms. The molecule has 0 unspecified atom stereocenters. The Morgan fingerprint density at radius 2 is 1.96 bits per heavy atom. The molecule has 1 aromatic heterocycles. The van der Waals surface area contributed by atoms with Gasteiger partial charge in [-0.25, -0.2) is 18.1 Å².